The van der Waals surface area contributed by atoms with Crippen LogP contribution in [0.15, 0.2) is 60.8 Å². The van der Waals surface area contributed by atoms with Crippen LogP contribution in [0.1, 0.15) is 82.4 Å². The van der Waals surface area contributed by atoms with Gasteiger partial charge in [0.25, 0.3) is 0 Å². The van der Waals surface area contributed by atoms with E-state index in [1.54, 1.807) is 51.8 Å². The Bertz CT molecular complexity index is 1580. The summed E-state index contributed by atoms with van der Waals surface area (Å²) in [5, 5.41) is 6.88. The first kappa shape index (κ1) is 38.5. The van der Waals surface area contributed by atoms with Gasteiger partial charge in [-0.25, -0.2) is 14.3 Å². The Hall–Kier alpha value is -4.73. The van der Waals surface area contributed by atoms with Gasteiger partial charge < -0.3 is 19.5 Å². The summed E-state index contributed by atoms with van der Waals surface area (Å²) in [5.74, 6) is 1.34. The van der Waals surface area contributed by atoms with Crippen molar-refractivity contribution in [2.45, 2.75) is 80.3 Å². The fraction of sp³-hybridized carbons (Fsp3) is 0.432. The summed E-state index contributed by atoms with van der Waals surface area (Å²) in [6.07, 6.45) is 3.23. The zero-order valence-corrected chi connectivity index (χ0v) is 29.5. The fourth-order valence-electron chi connectivity index (χ4n) is 4.11. The number of fused-ring (bicyclic) bond motifs is 1. The molecule has 0 aliphatic rings. The zero-order chi connectivity index (χ0) is 35.1. The molecule has 1 atom stereocenters. The van der Waals surface area contributed by atoms with Crippen molar-refractivity contribution in [3.8, 4) is 22.8 Å². The van der Waals surface area contributed by atoms with Crippen LogP contribution < -0.4 is 14.8 Å². The normalized spacial score (nSPS) is 11.3. The van der Waals surface area contributed by atoms with Gasteiger partial charge >= 0.3 is 6.09 Å². The van der Waals surface area contributed by atoms with Crippen LogP contribution in [0.2, 0.25) is 0 Å². The second-order valence-electron chi connectivity index (χ2n) is 12.2. The monoisotopic (exact) mass is 646 g/mol. The molecular formula is C37H50N4O6. The lowest BCUT2D eigenvalue weighted by molar-refractivity contribution is -0.121. The minimum Gasteiger partial charge on any atom is -0.493 e. The molecule has 1 unspecified atom stereocenters. The molecule has 254 valence electrons. The number of nitrogens with one attached hydrogen (secondary N) is 1. The van der Waals surface area contributed by atoms with Gasteiger partial charge in [0.2, 0.25) is 0 Å². The molecule has 2 aromatic heterocycles. The quantitative estimate of drug-likeness (QED) is 0.173. The van der Waals surface area contributed by atoms with Crippen molar-refractivity contribution in [2.75, 3.05) is 20.8 Å². The highest BCUT2D eigenvalue weighted by molar-refractivity contribution is 5.95. The first-order valence-corrected chi connectivity index (χ1v) is 15.9. The van der Waals surface area contributed by atoms with Gasteiger partial charge in [0.1, 0.15) is 11.3 Å². The van der Waals surface area contributed by atoms with Gasteiger partial charge in [-0.2, -0.15) is 5.10 Å². The number of rotatable bonds is 10. The minimum atomic E-state index is -0.542. The lowest BCUT2D eigenvalue weighted by Crippen LogP contribution is -2.36. The van der Waals surface area contributed by atoms with Crippen LogP contribution >= 0.6 is 0 Å². The molecule has 2 heterocycles. The number of hydrogen-bond donors (Lipinski definition) is 1. The van der Waals surface area contributed by atoms with Crippen molar-refractivity contribution in [3.63, 3.8) is 0 Å². The van der Waals surface area contributed by atoms with Crippen molar-refractivity contribution in [3.05, 3.63) is 77.6 Å². The van der Waals surface area contributed by atoms with Crippen molar-refractivity contribution in [1.29, 1.82) is 0 Å². The predicted octanol–water partition coefficient (Wildman–Crippen LogP) is 7.83. The highest BCUT2D eigenvalue weighted by atomic mass is 16.6. The van der Waals surface area contributed by atoms with Gasteiger partial charge in [-0.05, 0) is 71.7 Å². The van der Waals surface area contributed by atoms with Crippen molar-refractivity contribution in [2.24, 2.45) is 5.92 Å². The number of carbonyl (C=O) groups excluding carboxylic acids is 3. The Morgan fingerprint density at radius 3 is 2.04 bits per heavy atom. The van der Waals surface area contributed by atoms with Crippen LogP contribution in [0, 0.1) is 19.8 Å². The molecular weight excluding hydrogens is 596 g/mol. The average Bonchev–Trinajstić information content (AvgIpc) is 3.49. The van der Waals surface area contributed by atoms with Crippen LogP contribution in [0.3, 0.4) is 0 Å². The van der Waals surface area contributed by atoms with Crippen molar-refractivity contribution in [1.82, 2.24) is 19.9 Å². The van der Waals surface area contributed by atoms with Gasteiger partial charge in [0.15, 0.2) is 28.7 Å². The lowest BCUT2D eigenvalue weighted by atomic mass is 10.0. The average molecular weight is 647 g/mol. The predicted molar refractivity (Wildman–Crippen MR) is 185 cm³/mol. The molecule has 0 bridgehead atoms. The molecule has 1 N–H and O–H groups in total. The first-order chi connectivity index (χ1) is 22.2. The third-order valence-electron chi connectivity index (χ3n) is 6.99. The number of alkyl carbamates (subject to hydrolysis) is 1. The number of amides is 1. The number of ketones is 2. The number of benzene rings is 2. The molecule has 1 amide bonds. The largest absolute Gasteiger partial charge is 0.493 e. The highest BCUT2D eigenvalue weighted by Gasteiger charge is 2.18. The van der Waals surface area contributed by atoms with E-state index < -0.39 is 11.7 Å². The van der Waals surface area contributed by atoms with Crippen LogP contribution in [0.5, 0.6) is 11.5 Å². The number of aryl methyl sites for hydroxylation is 2. The Morgan fingerprint density at radius 2 is 1.51 bits per heavy atom. The molecule has 0 radical (unpaired) electrons. The summed E-state index contributed by atoms with van der Waals surface area (Å²) in [5.41, 5.74) is 4.95. The number of methoxy groups -OCH3 is 2. The maximum Gasteiger partial charge on any atom is 0.408 e. The van der Waals surface area contributed by atoms with E-state index in [1.807, 2.05) is 45.0 Å². The second-order valence-corrected chi connectivity index (χ2v) is 12.2. The third-order valence-corrected chi connectivity index (χ3v) is 6.99. The molecule has 0 fully saturated rings. The Labute approximate surface area is 278 Å². The molecule has 0 saturated carbocycles. The SMILES string of the molecule is CCC(C)C(=O)CNC(=O)OC(C)(C)C.CCCC(=O)c1cc2nccc(-c3ccc(OC)c(OC)c3)n2n1.Cc1ccc(C)cc1. The van der Waals surface area contributed by atoms with Gasteiger partial charge in [0, 0.05) is 30.2 Å². The van der Waals surface area contributed by atoms with E-state index in [0.29, 0.717) is 29.3 Å². The van der Waals surface area contributed by atoms with E-state index >= 15 is 0 Å². The maximum atomic E-state index is 12.1. The number of hydrogen-bond acceptors (Lipinski definition) is 8. The minimum absolute atomic E-state index is 0.0139. The standard InChI is InChI=1S/C18H19N3O3.C11H21NO3.C8H10/c1-4-5-15(22)13-11-18-19-9-8-14(21(18)20-13)12-6-7-16(23-2)17(10-12)24-3;1-6-8(2)9(13)7-12-10(14)15-11(3,4)5;1-7-3-5-8(2)6-4-7/h6-11H,4-5H2,1-3H3;8H,6-7H2,1-5H3,(H,12,14);3-6H,1-2H3. The number of carbonyl (C=O) groups is 3. The molecule has 0 spiro atoms. The van der Waals surface area contributed by atoms with Crippen molar-refractivity contribution < 1.29 is 28.6 Å². The van der Waals surface area contributed by atoms with E-state index in [9.17, 15) is 14.4 Å². The van der Waals surface area contributed by atoms with E-state index in [2.05, 4.69) is 53.5 Å². The molecule has 47 heavy (non-hydrogen) atoms. The fourth-order valence-corrected chi connectivity index (χ4v) is 4.11. The smallest absolute Gasteiger partial charge is 0.408 e. The number of nitrogens with zero attached hydrogens (tertiary/aromatic N) is 3. The number of aromatic nitrogens is 3. The number of ether oxygens (including phenoxy) is 3. The first-order valence-electron chi connectivity index (χ1n) is 15.9. The van der Waals surface area contributed by atoms with E-state index in [1.165, 1.54) is 11.1 Å². The summed E-state index contributed by atoms with van der Waals surface area (Å²) in [6.45, 7) is 15.3. The van der Waals surface area contributed by atoms with Gasteiger partial charge in [-0.3, -0.25) is 9.59 Å². The molecule has 0 aliphatic heterocycles. The molecule has 0 saturated heterocycles. The molecule has 2 aromatic carbocycles. The third kappa shape index (κ3) is 12.5. The maximum absolute atomic E-state index is 12.1. The Morgan fingerprint density at radius 1 is 0.894 bits per heavy atom. The molecule has 10 heteroatoms. The highest BCUT2D eigenvalue weighted by Crippen LogP contribution is 2.32. The van der Waals surface area contributed by atoms with Crippen LogP contribution in [-0.2, 0) is 9.53 Å². The van der Waals surface area contributed by atoms with Crippen LogP contribution in [-0.4, -0.2) is 58.6 Å². The van der Waals surface area contributed by atoms with Crippen LogP contribution in [0.25, 0.3) is 16.9 Å². The second kappa shape index (κ2) is 18.4. The summed E-state index contributed by atoms with van der Waals surface area (Å²) in [6, 6.07) is 17.7. The Balaban J connectivity index is 0.000000284. The van der Waals surface area contributed by atoms with Crippen molar-refractivity contribution >= 4 is 23.3 Å². The Kier molecular flexibility index (Phi) is 15.1. The summed E-state index contributed by atoms with van der Waals surface area (Å²) < 4.78 is 17.3. The molecule has 4 rings (SSSR count). The molecule has 4 aromatic rings. The summed E-state index contributed by atoms with van der Waals surface area (Å²) in [7, 11) is 3.19. The topological polar surface area (TPSA) is 121 Å². The summed E-state index contributed by atoms with van der Waals surface area (Å²) >= 11 is 0. The summed E-state index contributed by atoms with van der Waals surface area (Å²) in [4.78, 5) is 39.0. The van der Waals surface area contributed by atoms with E-state index in [-0.39, 0.29) is 24.0 Å². The van der Waals surface area contributed by atoms with Gasteiger partial charge in [0.05, 0.1) is 26.5 Å². The number of Topliss-reactive ketones (excluding diaryl/α,β-unsaturated/α-hetero) is 2. The lowest BCUT2D eigenvalue weighted by Gasteiger charge is -2.19. The molecule has 10 nitrogen and oxygen atoms in total. The van der Waals surface area contributed by atoms with Gasteiger partial charge in [-0.15, -0.1) is 0 Å². The van der Waals surface area contributed by atoms with E-state index in [0.717, 1.165) is 24.1 Å². The van der Waals surface area contributed by atoms with Crippen LogP contribution in [0.4, 0.5) is 4.79 Å². The van der Waals surface area contributed by atoms with E-state index in [4.69, 9.17) is 14.2 Å². The molecule has 0 aliphatic carbocycles. The van der Waals surface area contributed by atoms with Gasteiger partial charge in [-0.1, -0.05) is 56.2 Å². The zero-order valence-electron chi connectivity index (χ0n) is 29.5.